The van der Waals surface area contributed by atoms with Gasteiger partial charge in [-0.15, -0.1) is 0 Å². The zero-order chi connectivity index (χ0) is 11.8. The van der Waals surface area contributed by atoms with Crippen LogP contribution in [-0.4, -0.2) is 19.1 Å². The van der Waals surface area contributed by atoms with Crippen molar-refractivity contribution in [2.75, 3.05) is 13.2 Å². The van der Waals surface area contributed by atoms with Crippen molar-refractivity contribution in [2.24, 2.45) is 10.2 Å². The van der Waals surface area contributed by atoms with Gasteiger partial charge in [-0.05, 0) is 13.0 Å². The highest BCUT2D eigenvalue weighted by molar-refractivity contribution is 5.71. The fraction of sp³-hybridized carbons (Fsp3) is 0.364. The number of rotatable bonds is 5. The second-order valence-corrected chi connectivity index (χ2v) is 3.00. The summed E-state index contributed by atoms with van der Waals surface area (Å²) in [6, 6.07) is 6.31. The molecule has 0 radical (unpaired) electrons. The average Bonchev–Trinajstić information content (AvgIpc) is 2.27. The monoisotopic (exact) mass is 224 g/mol. The molecule has 0 aliphatic carbocycles. The first-order valence-electron chi connectivity index (χ1n) is 4.96. The lowest BCUT2D eigenvalue weighted by Crippen LogP contribution is -2.06. The Kier molecular flexibility index (Phi) is 5.11. The predicted molar refractivity (Wildman–Crippen MR) is 56.5 cm³/mol. The number of esters is 1. The summed E-state index contributed by atoms with van der Waals surface area (Å²) in [6.07, 6.45) is 0. The van der Waals surface area contributed by atoms with Gasteiger partial charge in [0, 0.05) is 5.56 Å². The molecule has 5 heteroatoms. The average molecular weight is 224 g/mol. The maximum Gasteiger partial charge on any atom is 0.329 e. The molecule has 0 aliphatic rings. The van der Waals surface area contributed by atoms with E-state index in [0.29, 0.717) is 12.2 Å². The molecule has 0 aliphatic heterocycles. The molecule has 0 unspecified atom stereocenters. The summed E-state index contributed by atoms with van der Waals surface area (Å²) < 4.78 is 17.8. The molecule has 0 spiro atoms. The van der Waals surface area contributed by atoms with Crippen LogP contribution in [-0.2, 0) is 16.1 Å². The SMILES string of the molecule is CCOC(=O)CN=NCc1ccccc1F. The highest BCUT2D eigenvalue weighted by Crippen LogP contribution is 2.07. The zero-order valence-corrected chi connectivity index (χ0v) is 9.02. The summed E-state index contributed by atoms with van der Waals surface area (Å²) in [5, 5.41) is 7.32. The minimum atomic E-state index is -0.431. The summed E-state index contributed by atoms with van der Waals surface area (Å²) in [5.74, 6) is -0.752. The third kappa shape index (κ3) is 4.16. The zero-order valence-electron chi connectivity index (χ0n) is 9.02. The number of nitrogens with zero attached hydrogens (tertiary/aromatic N) is 2. The van der Waals surface area contributed by atoms with Crippen molar-refractivity contribution in [3.8, 4) is 0 Å². The van der Waals surface area contributed by atoms with Crippen LogP contribution in [0.1, 0.15) is 12.5 Å². The fourth-order valence-electron chi connectivity index (χ4n) is 1.07. The summed E-state index contributed by atoms with van der Waals surface area (Å²) in [7, 11) is 0. The van der Waals surface area contributed by atoms with Crippen LogP contribution in [0.5, 0.6) is 0 Å². The van der Waals surface area contributed by atoms with Crippen molar-refractivity contribution in [3.05, 3.63) is 35.6 Å². The van der Waals surface area contributed by atoms with E-state index in [1.54, 1.807) is 25.1 Å². The number of benzene rings is 1. The summed E-state index contributed by atoms with van der Waals surface area (Å²) in [5.41, 5.74) is 0.454. The number of halogens is 1. The van der Waals surface area contributed by atoms with Gasteiger partial charge in [0.25, 0.3) is 0 Å². The molecule has 0 N–H and O–H groups in total. The van der Waals surface area contributed by atoms with Crippen molar-refractivity contribution < 1.29 is 13.9 Å². The van der Waals surface area contributed by atoms with E-state index in [4.69, 9.17) is 0 Å². The maximum absolute atomic E-state index is 13.1. The Morgan fingerprint density at radius 1 is 1.38 bits per heavy atom. The molecule has 0 fully saturated rings. The molecule has 16 heavy (non-hydrogen) atoms. The molecular formula is C11H13FN2O2. The van der Waals surface area contributed by atoms with Gasteiger partial charge < -0.3 is 4.74 Å². The van der Waals surface area contributed by atoms with E-state index in [1.807, 2.05) is 0 Å². The van der Waals surface area contributed by atoms with E-state index in [1.165, 1.54) is 6.07 Å². The third-order valence-corrected chi connectivity index (χ3v) is 1.80. The molecular weight excluding hydrogens is 211 g/mol. The Morgan fingerprint density at radius 3 is 2.81 bits per heavy atom. The van der Waals surface area contributed by atoms with E-state index in [-0.39, 0.29) is 18.9 Å². The first-order chi connectivity index (χ1) is 7.74. The van der Waals surface area contributed by atoms with Crippen molar-refractivity contribution in [3.63, 3.8) is 0 Å². The standard InChI is InChI=1S/C11H13FN2O2/c1-2-16-11(15)8-14-13-7-9-5-3-4-6-10(9)12/h3-6H,2,7-8H2,1H3. The number of azo groups is 1. The van der Waals surface area contributed by atoms with Gasteiger partial charge in [0.2, 0.25) is 0 Å². The number of hydrogen-bond acceptors (Lipinski definition) is 4. The molecule has 0 heterocycles. The van der Waals surface area contributed by atoms with Crippen molar-refractivity contribution in [2.45, 2.75) is 13.5 Å². The molecule has 0 saturated carbocycles. The van der Waals surface area contributed by atoms with Gasteiger partial charge in [-0.3, -0.25) is 0 Å². The highest BCUT2D eigenvalue weighted by Gasteiger charge is 2.00. The Bertz CT molecular complexity index is 380. The van der Waals surface area contributed by atoms with Gasteiger partial charge in [0.15, 0.2) is 6.54 Å². The lowest BCUT2D eigenvalue weighted by atomic mass is 10.2. The van der Waals surface area contributed by atoms with Crippen molar-refractivity contribution in [1.29, 1.82) is 0 Å². The topological polar surface area (TPSA) is 51.0 Å². The summed E-state index contributed by atoms with van der Waals surface area (Å²) in [4.78, 5) is 10.9. The van der Waals surface area contributed by atoms with Crippen molar-refractivity contribution >= 4 is 5.97 Å². The van der Waals surface area contributed by atoms with Crippen LogP contribution in [0.4, 0.5) is 4.39 Å². The smallest absolute Gasteiger partial charge is 0.329 e. The van der Waals surface area contributed by atoms with Crippen LogP contribution in [0, 0.1) is 5.82 Å². The molecule has 0 saturated heterocycles. The van der Waals surface area contributed by atoms with E-state index in [2.05, 4.69) is 15.0 Å². The number of hydrogen-bond donors (Lipinski definition) is 0. The lowest BCUT2D eigenvalue weighted by Gasteiger charge is -1.98. The van der Waals surface area contributed by atoms with Crippen LogP contribution in [0.3, 0.4) is 0 Å². The quantitative estimate of drug-likeness (QED) is 0.569. The molecule has 0 atom stereocenters. The first-order valence-corrected chi connectivity index (χ1v) is 4.96. The highest BCUT2D eigenvalue weighted by atomic mass is 19.1. The molecule has 0 bridgehead atoms. The van der Waals surface area contributed by atoms with Gasteiger partial charge in [-0.1, -0.05) is 18.2 Å². The largest absolute Gasteiger partial charge is 0.465 e. The molecule has 86 valence electrons. The number of ether oxygens (including phenoxy) is 1. The fourth-order valence-corrected chi connectivity index (χ4v) is 1.07. The predicted octanol–water partition coefficient (Wildman–Crippen LogP) is 2.34. The first kappa shape index (κ1) is 12.3. The molecule has 0 aromatic heterocycles. The van der Waals surface area contributed by atoms with Crippen LogP contribution in [0.25, 0.3) is 0 Å². The van der Waals surface area contributed by atoms with E-state index < -0.39 is 5.97 Å². The van der Waals surface area contributed by atoms with Gasteiger partial charge >= 0.3 is 5.97 Å². The van der Waals surface area contributed by atoms with Crippen LogP contribution >= 0.6 is 0 Å². The second-order valence-electron chi connectivity index (χ2n) is 3.00. The Hall–Kier alpha value is -1.78. The lowest BCUT2D eigenvalue weighted by molar-refractivity contribution is -0.141. The molecule has 1 aromatic carbocycles. The molecule has 4 nitrogen and oxygen atoms in total. The minimum Gasteiger partial charge on any atom is -0.465 e. The Labute approximate surface area is 93.1 Å². The van der Waals surface area contributed by atoms with Crippen LogP contribution in [0.15, 0.2) is 34.5 Å². The van der Waals surface area contributed by atoms with E-state index in [9.17, 15) is 9.18 Å². The molecule has 0 amide bonds. The van der Waals surface area contributed by atoms with Crippen molar-refractivity contribution in [1.82, 2.24) is 0 Å². The maximum atomic E-state index is 13.1. The van der Waals surface area contributed by atoms with Gasteiger partial charge in [-0.25, -0.2) is 9.18 Å². The molecule has 1 aromatic rings. The van der Waals surface area contributed by atoms with Crippen LogP contribution < -0.4 is 0 Å². The van der Waals surface area contributed by atoms with E-state index in [0.717, 1.165) is 0 Å². The number of carbonyl (C=O) groups excluding carboxylic acids is 1. The Balaban J connectivity index is 2.37. The van der Waals surface area contributed by atoms with Gasteiger partial charge in [0.05, 0.1) is 13.2 Å². The normalized spacial score (nSPS) is 10.6. The van der Waals surface area contributed by atoms with Gasteiger partial charge in [0.1, 0.15) is 5.82 Å². The van der Waals surface area contributed by atoms with Gasteiger partial charge in [-0.2, -0.15) is 10.2 Å². The molecule has 1 rings (SSSR count). The number of carbonyl (C=O) groups is 1. The summed E-state index contributed by atoms with van der Waals surface area (Å²) >= 11 is 0. The van der Waals surface area contributed by atoms with E-state index >= 15 is 0 Å². The Morgan fingerprint density at radius 2 is 2.12 bits per heavy atom. The summed E-state index contributed by atoms with van der Waals surface area (Å²) in [6.45, 7) is 2.05. The minimum absolute atomic E-state index is 0.123. The van der Waals surface area contributed by atoms with Crippen LogP contribution in [0.2, 0.25) is 0 Å². The second kappa shape index (κ2) is 6.66. The third-order valence-electron chi connectivity index (χ3n) is 1.80.